The summed E-state index contributed by atoms with van der Waals surface area (Å²) in [6, 6.07) is 63.6. The van der Waals surface area contributed by atoms with Crippen LogP contribution in [0.25, 0.3) is 44.5 Å². The van der Waals surface area contributed by atoms with E-state index in [-0.39, 0.29) is 5.41 Å². The molecular weight excluding hydrogens is 555 g/mol. The number of nitrogens with zero attached hydrogens (tertiary/aromatic N) is 1. The van der Waals surface area contributed by atoms with E-state index in [1.165, 1.54) is 55.6 Å². The quantitative estimate of drug-likeness (QED) is 0.186. The highest BCUT2D eigenvalue weighted by Crippen LogP contribution is 2.53. The maximum atomic E-state index is 2.37. The number of hydrogen-bond acceptors (Lipinski definition) is 1. The molecule has 0 saturated carbocycles. The molecule has 1 aliphatic carbocycles. The summed E-state index contributed by atoms with van der Waals surface area (Å²) in [5, 5.41) is 0. The summed E-state index contributed by atoms with van der Waals surface area (Å²) in [6.45, 7) is 4.74. The standard InChI is InChI=1S/C45H35N/c1-45(2)43-27-14-13-24-40(43)42-26-15-25-41(44(42)45)39-23-12-11-22-38(39)37-21-10-9-20-36(37)32-28-30-35(31-29-32)46(33-16-5-3-6-17-33)34-18-7-4-8-19-34/h3-31H,1-2H3. The molecule has 0 spiro atoms. The highest BCUT2D eigenvalue weighted by molar-refractivity contribution is 5.96. The number of hydrogen-bond donors (Lipinski definition) is 0. The molecule has 0 amide bonds. The summed E-state index contributed by atoms with van der Waals surface area (Å²) in [5.74, 6) is 0. The minimum absolute atomic E-state index is 0.0889. The molecule has 0 saturated heterocycles. The van der Waals surface area contributed by atoms with Crippen LogP contribution in [0.3, 0.4) is 0 Å². The van der Waals surface area contributed by atoms with E-state index in [9.17, 15) is 0 Å². The Morgan fingerprint density at radius 2 is 0.717 bits per heavy atom. The largest absolute Gasteiger partial charge is 0.311 e. The van der Waals surface area contributed by atoms with E-state index in [0.29, 0.717) is 0 Å². The van der Waals surface area contributed by atoms with Crippen molar-refractivity contribution in [3.63, 3.8) is 0 Å². The molecule has 220 valence electrons. The van der Waals surface area contributed by atoms with Crippen molar-refractivity contribution in [1.82, 2.24) is 0 Å². The van der Waals surface area contributed by atoms with E-state index in [1.807, 2.05) is 0 Å². The number of benzene rings is 7. The maximum Gasteiger partial charge on any atom is 0.0462 e. The van der Waals surface area contributed by atoms with E-state index in [1.54, 1.807) is 0 Å². The second-order valence-corrected chi connectivity index (χ2v) is 12.5. The normalized spacial score (nSPS) is 12.7. The number of rotatable bonds is 6. The second-order valence-electron chi connectivity index (χ2n) is 12.5. The fourth-order valence-corrected chi connectivity index (χ4v) is 7.39. The highest BCUT2D eigenvalue weighted by atomic mass is 15.1. The molecule has 1 nitrogen and oxygen atoms in total. The second kappa shape index (κ2) is 11.4. The van der Waals surface area contributed by atoms with Gasteiger partial charge in [-0.25, -0.2) is 0 Å². The van der Waals surface area contributed by atoms with Crippen molar-refractivity contribution in [2.24, 2.45) is 0 Å². The van der Waals surface area contributed by atoms with Crippen molar-refractivity contribution in [1.29, 1.82) is 0 Å². The Hall–Kier alpha value is -5.66. The zero-order valence-corrected chi connectivity index (χ0v) is 26.2. The van der Waals surface area contributed by atoms with E-state index in [2.05, 4.69) is 195 Å². The van der Waals surface area contributed by atoms with Gasteiger partial charge >= 0.3 is 0 Å². The molecule has 46 heavy (non-hydrogen) atoms. The van der Waals surface area contributed by atoms with Crippen molar-refractivity contribution < 1.29 is 0 Å². The number of para-hydroxylation sites is 2. The third-order valence-electron chi connectivity index (χ3n) is 9.48. The average molecular weight is 590 g/mol. The molecule has 0 heterocycles. The monoisotopic (exact) mass is 589 g/mol. The van der Waals surface area contributed by atoms with Gasteiger partial charge in [0.25, 0.3) is 0 Å². The van der Waals surface area contributed by atoms with Crippen molar-refractivity contribution in [3.05, 3.63) is 187 Å². The summed E-state index contributed by atoms with van der Waals surface area (Å²) in [6.07, 6.45) is 0. The Bertz CT molecular complexity index is 2120. The third kappa shape index (κ3) is 4.64. The van der Waals surface area contributed by atoms with Gasteiger partial charge in [0.15, 0.2) is 0 Å². The van der Waals surface area contributed by atoms with Gasteiger partial charge in [-0.3, -0.25) is 0 Å². The Kier molecular flexibility index (Phi) is 6.88. The van der Waals surface area contributed by atoms with Crippen LogP contribution in [0, 0.1) is 0 Å². The third-order valence-corrected chi connectivity index (χ3v) is 9.48. The lowest BCUT2D eigenvalue weighted by molar-refractivity contribution is 0.662. The molecule has 0 bridgehead atoms. The minimum Gasteiger partial charge on any atom is -0.311 e. The first-order valence-electron chi connectivity index (χ1n) is 16.0. The first-order valence-corrected chi connectivity index (χ1v) is 16.0. The summed E-state index contributed by atoms with van der Waals surface area (Å²) in [4.78, 5) is 2.31. The van der Waals surface area contributed by atoms with Crippen LogP contribution in [0.15, 0.2) is 176 Å². The Morgan fingerprint density at radius 1 is 0.326 bits per heavy atom. The average Bonchev–Trinajstić information content (AvgIpc) is 3.36. The fourth-order valence-electron chi connectivity index (χ4n) is 7.39. The van der Waals surface area contributed by atoms with Gasteiger partial charge in [0, 0.05) is 22.5 Å². The minimum atomic E-state index is -0.0889. The molecular formula is C45H35N. The van der Waals surface area contributed by atoms with Crippen LogP contribution in [-0.2, 0) is 5.41 Å². The summed E-state index contributed by atoms with van der Waals surface area (Å²) in [7, 11) is 0. The Labute approximate surface area is 272 Å². The first kappa shape index (κ1) is 27.9. The van der Waals surface area contributed by atoms with Crippen molar-refractivity contribution >= 4 is 17.1 Å². The molecule has 0 N–H and O–H groups in total. The predicted octanol–water partition coefficient (Wildman–Crippen LogP) is 12.5. The van der Waals surface area contributed by atoms with Crippen molar-refractivity contribution in [2.75, 3.05) is 4.90 Å². The number of fused-ring (bicyclic) bond motifs is 3. The smallest absolute Gasteiger partial charge is 0.0462 e. The van der Waals surface area contributed by atoms with Gasteiger partial charge in [0.05, 0.1) is 0 Å². The first-order chi connectivity index (χ1) is 22.6. The lowest BCUT2D eigenvalue weighted by Gasteiger charge is -2.26. The van der Waals surface area contributed by atoms with E-state index in [0.717, 1.165) is 17.1 Å². The molecule has 0 radical (unpaired) electrons. The zero-order valence-electron chi connectivity index (χ0n) is 26.2. The van der Waals surface area contributed by atoms with E-state index < -0.39 is 0 Å². The highest BCUT2D eigenvalue weighted by Gasteiger charge is 2.37. The molecule has 1 aliphatic rings. The fraction of sp³-hybridized carbons (Fsp3) is 0.0667. The van der Waals surface area contributed by atoms with Crippen LogP contribution in [0.1, 0.15) is 25.0 Å². The van der Waals surface area contributed by atoms with Crippen LogP contribution in [0.5, 0.6) is 0 Å². The molecule has 0 atom stereocenters. The molecule has 7 aromatic carbocycles. The van der Waals surface area contributed by atoms with Gasteiger partial charge in [-0.05, 0) is 92.0 Å². The van der Waals surface area contributed by atoms with E-state index in [4.69, 9.17) is 0 Å². The zero-order chi connectivity index (χ0) is 31.1. The van der Waals surface area contributed by atoms with Gasteiger partial charge in [-0.1, -0.05) is 153 Å². The molecule has 8 rings (SSSR count). The van der Waals surface area contributed by atoms with Crippen LogP contribution in [0.2, 0.25) is 0 Å². The van der Waals surface area contributed by atoms with Gasteiger partial charge in [-0.15, -0.1) is 0 Å². The lowest BCUT2D eigenvalue weighted by Crippen LogP contribution is -2.16. The van der Waals surface area contributed by atoms with Crippen LogP contribution < -0.4 is 4.90 Å². The molecule has 0 unspecified atom stereocenters. The molecule has 7 aromatic rings. The van der Waals surface area contributed by atoms with Crippen LogP contribution in [-0.4, -0.2) is 0 Å². The van der Waals surface area contributed by atoms with Crippen molar-refractivity contribution in [3.8, 4) is 44.5 Å². The summed E-state index contributed by atoms with van der Waals surface area (Å²) < 4.78 is 0. The number of anilines is 3. The van der Waals surface area contributed by atoms with Crippen LogP contribution >= 0.6 is 0 Å². The Morgan fingerprint density at radius 3 is 1.30 bits per heavy atom. The molecule has 0 fully saturated rings. The SMILES string of the molecule is CC1(C)c2ccccc2-c2cccc(-c3ccccc3-c3ccccc3-c3ccc(N(c4ccccc4)c4ccccc4)cc3)c21. The molecule has 0 aliphatic heterocycles. The van der Waals surface area contributed by atoms with Gasteiger partial charge in [0.1, 0.15) is 0 Å². The van der Waals surface area contributed by atoms with E-state index >= 15 is 0 Å². The molecule has 0 aromatic heterocycles. The Balaban J connectivity index is 1.23. The summed E-state index contributed by atoms with van der Waals surface area (Å²) in [5.41, 5.74) is 16.3. The van der Waals surface area contributed by atoms with Crippen LogP contribution in [0.4, 0.5) is 17.1 Å². The summed E-state index contributed by atoms with van der Waals surface area (Å²) >= 11 is 0. The molecule has 1 heteroatoms. The maximum absolute atomic E-state index is 2.37. The predicted molar refractivity (Wildman–Crippen MR) is 195 cm³/mol. The topological polar surface area (TPSA) is 3.24 Å². The van der Waals surface area contributed by atoms with Crippen molar-refractivity contribution in [2.45, 2.75) is 19.3 Å². The van der Waals surface area contributed by atoms with Gasteiger partial charge < -0.3 is 4.90 Å². The van der Waals surface area contributed by atoms with Gasteiger partial charge in [-0.2, -0.15) is 0 Å². The lowest BCUT2D eigenvalue weighted by atomic mass is 9.77. The van der Waals surface area contributed by atoms with Gasteiger partial charge in [0.2, 0.25) is 0 Å².